The van der Waals surface area contributed by atoms with Crippen molar-refractivity contribution < 1.29 is 5.11 Å². The summed E-state index contributed by atoms with van der Waals surface area (Å²) in [4.78, 5) is 11.3. The standard InChI is InChI=1S/C10H16N2O2/c1-10(2,3)8-4-5-9(14)12(11-8)6-7-13/h4-5,13H,6-7H2,1-3H3. The van der Waals surface area contributed by atoms with Crippen LogP contribution in [-0.4, -0.2) is 21.5 Å². The van der Waals surface area contributed by atoms with Crippen LogP contribution in [-0.2, 0) is 12.0 Å². The van der Waals surface area contributed by atoms with Crippen molar-refractivity contribution in [3.05, 3.63) is 28.2 Å². The highest BCUT2D eigenvalue weighted by atomic mass is 16.3. The van der Waals surface area contributed by atoms with Crippen molar-refractivity contribution >= 4 is 0 Å². The van der Waals surface area contributed by atoms with Crippen molar-refractivity contribution in [1.29, 1.82) is 0 Å². The summed E-state index contributed by atoms with van der Waals surface area (Å²) in [6, 6.07) is 3.22. The molecular formula is C10H16N2O2. The van der Waals surface area contributed by atoms with Gasteiger partial charge in [0.25, 0.3) is 5.56 Å². The van der Waals surface area contributed by atoms with Crippen LogP contribution in [0.25, 0.3) is 0 Å². The van der Waals surface area contributed by atoms with Crippen molar-refractivity contribution in [1.82, 2.24) is 9.78 Å². The van der Waals surface area contributed by atoms with E-state index in [1.807, 2.05) is 20.8 Å². The van der Waals surface area contributed by atoms with Crippen LogP contribution in [0.5, 0.6) is 0 Å². The van der Waals surface area contributed by atoms with E-state index in [9.17, 15) is 4.79 Å². The Hall–Kier alpha value is -1.16. The molecule has 1 N–H and O–H groups in total. The SMILES string of the molecule is CC(C)(C)c1ccc(=O)n(CCO)n1. The minimum atomic E-state index is -0.174. The first-order valence-corrected chi connectivity index (χ1v) is 4.64. The summed E-state index contributed by atoms with van der Waals surface area (Å²) in [6.45, 7) is 6.28. The molecule has 1 rings (SSSR count). The maximum absolute atomic E-state index is 11.3. The highest BCUT2D eigenvalue weighted by Crippen LogP contribution is 2.17. The van der Waals surface area contributed by atoms with E-state index < -0.39 is 0 Å². The monoisotopic (exact) mass is 196 g/mol. The molecule has 1 aromatic heterocycles. The fourth-order valence-corrected chi connectivity index (χ4v) is 1.10. The van der Waals surface area contributed by atoms with E-state index in [0.717, 1.165) is 5.69 Å². The minimum absolute atomic E-state index is 0.0689. The molecule has 0 bridgehead atoms. The molecule has 0 aliphatic rings. The van der Waals surface area contributed by atoms with Crippen molar-refractivity contribution in [3.63, 3.8) is 0 Å². The molecule has 0 atom stereocenters. The van der Waals surface area contributed by atoms with E-state index in [-0.39, 0.29) is 24.1 Å². The maximum atomic E-state index is 11.3. The normalized spacial score (nSPS) is 11.7. The molecule has 0 aromatic carbocycles. The Morgan fingerprint density at radius 2 is 2.07 bits per heavy atom. The second kappa shape index (κ2) is 3.92. The Balaban J connectivity index is 3.13. The molecule has 0 aliphatic heterocycles. The lowest BCUT2D eigenvalue weighted by Gasteiger charge is -2.18. The summed E-state index contributed by atoms with van der Waals surface area (Å²) in [6.07, 6.45) is 0. The molecule has 0 saturated heterocycles. The van der Waals surface area contributed by atoms with Gasteiger partial charge in [-0.15, -0.1) is 0 Å². The highest BCUT2D eigenvalue weighted by molar-refractivity contribution is 5.10. The zero-order chi connectivity index (χ0) is 10.8. The van der Waals surface area contributed by atoms with Crippen molar-refractivity contribution in [2.24, 2.45) is 0 Å². The number of hydrogen-bond donors (Lipinski definition) is 1. The first-order chi connectivity index (χ1) is 6.45. The molecule has 0 spiro atoms. The fraction of sp³-hybridized carbons (Fsp3) is 0.600. The minimum Gasteiger partial charge on any atom is -0.394 e. The van der Waals surface area contributed by atoms with Crippen molar-refractivity contribution in [3.8, 4) is 0 Å². The molecule has 4 nitrogen and oxygen atoms in total. The number of hydrogen-bond acceptors (Lipinski definition) is 3. The Labute approximate surface area is 83.2 Å². The summed E-state index contributed by atoms with van der Waals surface area (Å²) < 4.78 is 1.29. The highest BCUT2D eigenvalue weighted by Gasteiger charge is 2.16. The second-order valence-corrected chi connectivity index (χ2v) is 4.25. The van der Waals surface area contributed by atoms with Crippen LogP contribution in [0.3, 0.4) is 0 Å². The zero-order valence-electron chi connectivity index (χ0n) is 8.82. The van der Waals surface area contributed by atoms with Gasteiger partial charge in [0.05, 0.1) is 18.8 Å². The average Bonchev–Trinajstić information content (AvgIpc) is 2.07. The van der Waals surface area contributed by atoms with Gasteiger partial charge in [0.2, 0.25) is 0 Å². The van der Waals surface area contributed by atoms with Crippen LogP contribution in [0.2, 0.25) is 0 Å². The number of nitrogens with zero attached hydrogens (tertiary/aromatic N) is 2. The summed E-state index contributed by atoms with van der Waals surface area (Å²) in [5.41, 5.74) is 0.600. The van der Waals surface area contributed by atoms with Gasteiger partial charge >= 0.3 is 0 Å². The summed E-state index contributed by atoms with van der Waals surface area (Å²) in [5.74, 6) is 0. The molecule has 0 radical (unpaired) electrons. The van der Waals surface area contributed by atoms with Gasteiger partial charge in [0.1, 0.15) is 0 Å². The molecule has 0 saturated carbocycles. The Bertz CT molecular complexity index is 363. The first-order valence-electron chi connectivity index (χ1n) is 4.64. The van der Waals surface area contributed by atoms with Crippen LogP contribution >= 0.6 is 0 Å². The molecule has 78 valence electrons. The molecule has 0 aliphatic carbocycles. The lowest BCUT2D eigenvalue weighted by Crippen LogP contribution is -2.27. The Kier molecular flexibility index (Phi) is 3.06. The van der Waals surface area contributed by atoms with Gasteiger partial charge in [-0.3, -0.25) is 4.79 Å². The lowest BCUT2D eigenvalue weighted by atomic mass is 9.92. The van der Waals surface area contributed by atoms with Crippen LogP contribution < -0.4 is 5.56 Å². The molecule has 1 heterocycles. The van der Waals surface area contributed by atoms with Gasteiger partial charge in [-0.05, 0) is 6.07 Å². The van der Waals surface area contributed by atoms with E-state index in [2.05, 4.69) is 5.10 Å². The van der Waals surface area contributed by atoms with Gasteiger partial charge < -0.3 is 5.11 Å². The van der Waals surface area contributed by atoms with Crippen LogP contribution in [0.15, 0.2) is 16.9 Å². The zero-order valence-corrected chi connectivity index (χ0v) is 8.82. The van der Waals surface area contributed by atoms with Gasteiger partial charge in [0, 0.05) is 11.5 Å². The molecular weight excluding hydrogens is 180 g/mol. The Morgan fingerprint density at radius 1 is 1.43 bits per heavy atom. The second-order valence-electron chi connectivity index (χ2n) is 4.25. The molecule has 0 unspecified atom stereocenters. The average molecular weight is 196 g/mol. The third-order valence-electron chi connectivity index (χ3n) is 1.95. The van der Waals surface area contributed by atoms with E-state index in [1.165, 1.54) is 10.7 Å². The van der Waals surface area contributed by atoms with E-state index in [4.69, 9.17) is 5.11 Å². The largest absolute Gasteiger partial charge is 0.394 e. The van der Waals surface area contributed by atoms with Crippen LogP contribution in [0, 0.1) is 0 Å². The molecule has 4 heteroatoms. The lowest BCUT2D eigenvalue weighted by molar-refractivity contribution is 0.264. The van der Waals surface area contributed by atoms with Crippen LogP contribution in [0.1, 0.15) is 26.5 Å². The number of aromatic nitrogens is 2. The van der Waals surface area contributed by atoms with Crippen molar-refractivity contribution in [2.75, 3.05) is 6.61 Å². The van der Waals surface area contributed by atoms with Crippen LogP contribution in [0.4, 0.5) is 0 Å². The molecule has 1 aromatic rings. The summed E-state index contributed by atoms with van der Waals surface area (Å²) >= 11 is 0. The molecule has 0 amide bonds. The maximum Gasteiger partial charge on any atom is 0.266 e. The number of aliphatic hydroxyl groups is 1. The van der Waals surface area contributed by atoms with E-state index >= 15 is 0 Å². The smallest absolute Gasteiger partial charge is 0.266 e. The van der Waals surface area contributed by atoms with Gasteiger partial charge in [-0.1, -0.05) is 20.8 Å². The Morgan fingerprint density at radius 3 is 2.57 bits per heavy atom. The van der Waals surface area contributed by atoms with Gasteiger partial charge in [0.15, 0.2) is 0 Å². The van der Waals surface area contributed by atoms with Crippen molar-refractivity contribution in [2.45, 2.75) is 32.7 Å². The van der Waals surface area contributed by atoms with Gasteiger partial charge in [-0.25, -0.2) is 4.68 Å². The topological polar surface area (TPSA) is 55.1 Å². The third kappa shape index (κ3) is 2.42. The quantitative estimate of drug-likeness (QED) is 0.750. The molecule has 0 fully saturated rings. The van der Waals surface area contributed by atoms with E-state index in [0.29, 0.717) is 0 Å². The predicted octanol–water partition coefficient (Wildman–Crippen LogP) is 0.533. The number of rotatable bonds is 2. The first kappa shape index (κ1) is 10.9. The predicted molar refractivity (Wildman–Crippen MR) is 54.3 cm³/mol. The van der Waals surface area contributed by atoms with E-state index in [1.54, 1.807) is 6.07 Å². The third-order valence-corrected chi connectivity index (χ3v) is 1.95. The fourth-order valence-electron chi connectivity index (χ4n) is 1.10. The summed E-state index contributed by atoms with van der Waals surface area (Å²) in [7, 11) is 0. The number of aliphatic hydroxyl groups excluding tert-OH is 1. The summed E-state index contributed by atoms with van der Waals surface area (Å²) in [5, 5.41) is 12.9. The molecule has 14 heavy (non-hydrogen) atoms. The van der Waals surface area contributed by atoms with Gasteiger partial charge in [-0.2, -0.15) is 5.10 Å².